The summed E-state index contributed by atoms with van der Waals surface area (Å²) in [5.74, 6) is 0.505. The summed E-state index contributed by atoms with van der Waals surface area (Å²) in [5, 5.41) is 3.90. The lowest BCUT2D eigenvalue weighted by Crippen LogP contribution is -2.40. The molecule has 2 saturated heterocycles. The standard InChI is InChI=1S/C16H22ClFN2/c17-16-13(3-1-4-14(16)18)11-20-9-6-12(7-10-20)15-5-2-8-19-15/h1,3-4,12,15,19H,2,5-11H2. The summed E-state index contributed by atoms with van der Waals surface area (Å²) in [7, 11) is 0. The Morgan fingerprint density at radius 1 is 1.25 bits per heavy atom. The van der Waals surface area contributed by atoms with Crippen LogP contribution in [0.1, 0.15) is 31.2 Å². The second-order valence-electron chi connectivity index (χ2n) is 6.03. The van der Waals surface area contributed by atoms with E-state index in [9.17, 15) is 4.39 Å². The number of hydrogen-bond acceptors (Lipinski definition) is 2. The minimum Gasteiger partial charge on any atom is -0.314 e. The van der Waals surface area contributed by atoms with Crippen molar-refractivity contribution in [3.05, 3.63) is 34.6 Å². The van der Waals surface area contributed by atoms with Gasteiger partial charge in [0.05, 0.1) is 5.02 Å². The van der Waals surface area contributed by atoms with Gasteiger partial charge in [-0.1, -0.05) is 23.7 Å². The van der Waals surface area contributed by atoms with Crippen LogP contribution in [-0.2, 0) is 6.54 Å². The SMILES string of the molecule is Fc1cccc(CN2CCC(C3CCCN3)CC2)c1Cl. The van der Waals surface area contributed by atoms with Gasteiger partial charge in [-0.25, -0.2) is 4.39 Å². The monoisotopic (exact) mass is 296 g/mol. The number of likely N-dealkylation sites (tertiary alicyclic amines) is 1. The number of nitrogens with one attached hydrogen (secondary N) is 1. The van der Waals surface area contributed by atoms with E-state index in [2.05, 4.69) is 10.2 Å². The quantitative estimate of drug-likeness (QED) is 0.919. The number of benzene rings is 1. The third-order valence-corrected chi connectivity index (χ3v) is 5.15. The molecule has 0 bridgehead atoms. The van der Waals surface area contributed by atoms with Crippen LogP contribution in [-0.4, -0.2) is 30.6 Å². The topological polar surface area (TPSA) is 15.3 Å². The predicted octanol–water partition coefficient (Wildman–Crippen LogP) is 3.44. The van der Waals surface area contributed by atoms with E-state index in [1.807, 2.05) is 6.07 Å². The lowest BCUT2D eigenvalue weighted by Gasteiger charge is -2.35. The van der Waals surface area contributed by atoms with Gasteiger partial charge < -0.3 is 5.32 Å². The Labute approximate surface area is 125 Å². The van der Waals surface area contributed by atoms with E-state index in [1.54, 1.807) is 6.07 Å². The van der Waals surface area contributed by atoms with Crippen molar-refractivity contribution in [3.8, 4) is 0 Å². The first kappa shape index (κ1) is 14.3. The number of rotatable bonds is 3. The van der Waals surface area contributed by atoms with Crippen LogP contribution in [0.2, 0.25) is 5.02 Å². The van der Waals surface area contributed by atoms with E-state index in [0.29, 0.717) is 0 Å². The zero-order chi connectivity index (χ0) is 13.9. The molecule has 0 spiro atoms. The summed E-state index contributed by atoms with van der Waals surface area (Å²) in [6, 6.07) is 5.82. The molecule has 1 unspecified atom stereocenters. The molecule has 3 rings (SSSR count). The fourth-order valence-electron chi connectivity index (χ4n) is 3.54. The average molecular weight is 297 g/mol. The van der Waals surface area contributed by atoms with Gasteiger partial charge >= 0.3 is 0 Å². The van der Waals surface area contributed by atoms with Crippen LogP contribution in [0.15, 0.2) is 18.2 Å². The molecule has 20 heavy (non-hydrogen) atoms. The summed E-state index contributed by atoms with van der Waals surface area (Å²) >= 11 is 6.03. The maximum atomic E-state index is 13.4. The van der Waals surface area contributed by atoms with Gasteiger partial charge in [-0.15, -0.1) is 0 Å². The van der Waals surface area contributed by atoms with Crippen molar-refractivity contribution in [2.45, 2.75) is 38.3 Å². The van der Waals surface area contributed by atoms with Crippen LogP contribution in [0.25, 0.3) is 0 Å². The number of hydrogen-bond donors (Lipinski definition) is 1. The van der Waals surface area contributed by atoms with Crippen LogP contribution in [0, 0.1) is 11.7 Å². The summed E-state index contributed by atoms with van der Waals surface area (Å²) in [5.41, 5.74) is 0.907. The highest BCUT2D eigenvalue weighted by Crippen LogP contribution is 2.28. The van der Waals surface area contributed by atoms with Gasteiger partial charge in [0.25, 0.3) is 0 Å². The van der Waals surface area contributed by atoms with Gasteiger partial charge in [-0.05, 0) is 62.9 Å². The highest BCUT2D eigenvalue weighted by Gasteiger charge is 2.28. The lowest BCUT2D eigenvalue weighted by atomic mass is 9.88. The van der Waals surface area contributed by atoms with Gasteiger partial charge in [0.1, 0.15) is 5.82 Å². The van der Waals surface area contributed by atoms with Gasteiger partial charge in [0, 0.05) is 12.6 Å². The van der Waals surface area contributed by atoms with Crippen LogP contribution in [0.4, 0.5) is 4.39 Å². The van der Waals surface area contributed by atoms with Crippen molar-refractivity contribution >= 4 is 11.6 Å². The maximum absolute atomic E-state index is 13.4. The summed E-state index contributed by atoms with van der Waals surface area (Å²) in [6.45, 7) is 4.14. The van der Waals surface area contributed by atoms with E-state index in [4.69, 9.17) is 11.6 Å². The molecule has 2 aliphatic rings. The molecule has 1 aromatic carbocycles. The van der Waals surface area contributed by atoms with Crippen LogP contribution in [0.5, 0.6) is 0 Å². The number of halogens is 2. The van der Waals surface area contributed by atoms with E-state index < -0.39 is 0 Å². The Bertz CT molecular complexity index is 452. The van der Waals surface area contributed by atoms with Crippen molar-refractivity contribution in [2.75, 3.05) is 19.6 Å². The molecule has 2 heterocycles. The second kappa shape index (κ2) is 6.42. The van der Waals surface area contributed by atoms with Crippen LogP contribution in [0.3, 0.4) is 0 Å². The first-order valence-electron chi connectivity index (χ1n) is 7.62. The molecule has 0 radical (unpaired) electrons. The number of nitrogens with zero attached hydrogens (tertiary/aromatic N) is 1. The molecule has 0 aliphatic carbocycles. The van der Waals surface area contributed by atoms with Crippen molar-refractivity contribution < 1.29 is 4.39 Å². The van der Waals surface area contributed by atoms with E-state index in [1.165, 1.54) is 38.3 Å². The Hall–Kier alpha value is -0.640. The molecule has 2 aliphatic heterocycles. The van der Waals surface area contributed by atoms with Crippen LogP contribution >= 0.6 is 11.6 Å². The third-order valence-electron chi connectivity index (χ3n) is 4.73. The lowest BCUT2D eigenvalue weighted by molar-refractivity contribution is 0.157. The van der Waals surface area contributed by atoms with Gasteiger partial charge in [0.15, 0.2) is 0 Å². The Balaban J connectivity index is 1.54. The summed E-state index contributed by atoms with van der Waals surface area (Å²) in [6.07, 6.45) is 5.14. The highest BCUT2D eigenvalue weighted by atomic mass is 35.5. The zero-order valence-electron chi connectivity index (χ0n) is 11.7. The molecule has 4 heteroatoms. The minimum absolute atomic E-state index is 0.284. The summed E-state index contributed by atoms with van der Waals surface area (Å²) < 4.78 is 13.4. The minimum atomic E-state index is -0.311. The van der Waals surface area contributed by atoms with E-state index >= 15 is 0 Å². The summed E-state index contributed by atoms with van der Waals surface area (Å²) in [4.78, 5) is 2.39. The normalized spacial score (nSPS) is 25.2. The zero-order valence-corrected chi connectivity index (χ0v) is 12.5. The Morgan fingerprint density at radius 3 is 2.75 bits per heavy atom. The molecule has 2 nitrogen and oxygen atoms in total. The third kappa shape index (κ3) is 3.16. The molecule has 2 fully saturated rings. The molecule has 1 aromatic rings. The maximum Gasteiger partial charge on any atom is 0.142 e. The molecule has 110 valence electrons. The second-order valence-corrected chi connectivity index (χ2v) is 6.41. The fraction of sp³-hybridized carbons (Fsp3) is 0.625. The Morgan fingerprint density at radius 2 is 2.05 bits per heavy atom. The van der Waals surface area contributed by atoms with Gasteiger partial charge in [-0.3, -0.25) is 4.90 Å². The highest BCUT2D eigenvalue weighted by molar-refractivity contribution is 6.31. The van der Waals surface area contributed by atoms with Crippen molar-refractivity contribution in [2.24, 2.45) is 5.92 Å². The van der Waals surface area contributed by atoms with E-state index in [0.717, 1.165) is 37.2 Å². The molecule has 0 aromatic heterocycles. The van der Waals surface area contributed by atoms with Crippen molar-refractivity contribution in [1.82, 2.24) is 10.2 Å². The van der Waals surface area contributed by atoms with Crippen LogP contribution < -0.4 is 5.32 Å². The van der Waals surface area contributed by atoms with Crippen molar-refractivity contribution in [3.63, 3.8) is 0 Å². The molecule has 0 saturated carbocycles. The first-order valence-corrected chi connectivity index (χ1v) is 8.00. The fourth-order valence-corrected chi connectivity index (χ4v) is 3.72. The van der Waals surface area contributed by atoms with Crippen molar-refractivity contribution in [1.29, 1.82) is 0 Å². The molecule has 1 atom stereocenters. The smallest absolute Gasteiger partial charge is 0.142 e. The molecular formula is C16H22ClFN2. The average Bonchev–Trinajstić information content (AvgIpc) is 2.99. The molecule has 1 N–H and O–H groups in total. The van der Waals surface area contributed by atoms with E-state index in [-0.39, 0.29) is 10.8 Å². The first-order chi connectivity index (χ1) is 9.74. The molecular weight excluding hydrogens is 275 g/mol. The predicted molar refractivity (Wildman–Crippen MR) is 80.4 cm³/mol. The van der Waals surface area contributed by atoms with Gasteiger partial charge in [-0.2, -0.15) is 0 Å². The molecule has 0 amide bonds. The number of piperidine rings is 1. The van der Waals surface area contributed by atoms with Gasteiger partial charge in [0.2, 0.25) is 0 Å². The Kier molecular flexibility index (Phi) is 4.59. The largest absolute Gasteiger partial charge is 0.314 e.